The summed E-state index contributed by atoms with van der Waals surface area (Å²) in [5, 5.41) is 3.24. The first-order chi connectivity index (χ1) is 8.00. The Hall–Kier alpha value is -0.910. The summed E-state index contributed by atoms with van der Waals surface area (Å²) in [6.45, 7) is 5.69. The Balaban J connectivity index is 2.29. The number of hydrogen-bond donors (Lipinski definition) is 1. The molecule has 0 bridgehead atoms. The van der Waals surface area contributed by atoms with E-state index in [2.05, 4.69) is 5.32 Å². The molecule has 5 heteroatoms. The maximum absolute atomic E-state index is 12.4. The fraction of sp³-hybridized carbons (Fsp3) is 0.500. The second-order valence-corrected chi connectivity index (χ2v) is 6.47. The van der Waals surface area contributed by atoms with Gasteiger partial charge in [0.2, 0.25) is 10.0 Å². The van der Waals surface area contributed by atoms with Crippen LogP contribution in [0.15, 0.2) is 29.2 Å². The van der Waals surface area contributed by atoms with Crippen molar-refractivity contribution in [3.63, 3.8) is 0 Å². The van der Waals surface area contributed by atoms with Crippen molar-refractivity contribution in [2.45, 2.75) is 24.8 Å². The van der Waals surface area contributed by atoms with E-state index in [1.807, 2.05) is 19.9 Å². The summed E-state index contributed by atoms with van der Waals surface area (Å²) in [5.74, 6) is 0. The number of piperazine rings is 1. The van der Waals surface area contributed by atoms with Crippen molar-refractivity contribution in [3.05, 3.63) is 29.8 Å². The monoisotopic (exact) mass is 254 g/mol. The average Bonchev–Trinajstić information content (AvgIpc) is 2.29. The highest BCUT2D eigenvalue weighted by Gasteiger charge is 2.28. The van der Waals surface area contributed by atoms with Gasteiger partial charge in [0.25, 0.3) is 0 Å². The first kappa shape index (κ1) is 12.5. The molecule has 0 radical (unpaired) electrons. The van der Waals surface area contributed by atoms with Crippen LogP contribution >= 0.6 is 0 Å². The quantitative estimate of drug-likeness (QED) is 0.856. The molecule has 1 N–H and O–H groups in total. The lowest BCUT2D eigenvalue weighted by atomic mass is 10.2. The molecule has 1 heterocycles. The second-order valence-electron chi connectivity index (χ2n) is 4.53. The third-order valence-corrected chi connectivity index (χ3v) is 4.82. The van der Waals surface area contributed by atoms with Gasteiger partial charge in [0.15, 0.2) is 0 Å². The number of hydrogen-bond acceptors (Lipinski definition) is 3. The van der Waals surface area contributed by atoms with E-state index < -0.39 is 10.0 Å². The zero-order valence-electron chi connectivity index (χ0n) is 10.2. The molecule has 1 aliphatic heterocycles. The van der Waals surface area contributed by atoms with Crippen LogP contribution in [0.5, 0.6) is 0 Å². The molecule has 1 unspecified atom stereocenters. The Labute approximate surface area is 103 Å². The van der Waals surface area contributed by atoms with Gasteiger partial charge in [0, 0.05) is 25.7 Å². The van der Waals surface area contributed by atoms with E-state index in [0.717, 1.165) is 5.56 Å². The number of aryl methyl sites for hydroxylation is 1. The lowest BCUT2D eigenvalue weighted by Gasteiger charge is -2.31. The van der Waals surface area contributed by atoms with Crippen molar-refractivity contribution in [3.8, 4) is 0 Å². The molecule has 0 aliphatic carbocycles. The van der Waals surface area contributed by atoms with Gasteiger partial charge in [-0.2, -0.15) is 4.31 Å². The van der Waals surface area contributed by atoms with Crippen molar-refractivity contribution >= 4 is 10.0 Å². The van der Waals surface area contributed by atoms with E-state index in [0.29, 0.717) is 24.5 Å². The minimum atomic E-state index is -3.32. The van der Waals surface area contributed by atoms with Gasteiger partial charge in [0.1, 0.15) is 0 Å². The predicted octanol–water partition coefficient (Wildman–Crippen LogP) is 0.977. The molecular formula is C12H18N2O2S. The van der Waals surface area contributed by atoms with Crippen LogP contribution < -0.4 is 5.32 Å². The molecule has 1 aromatic rings. The fourth-order valence-corrected chi connectivity index (χ4v) is 3.68. The summed E-state index contributed by atoms with van der Waals surface area (Å²) < 4.78 is 26.3. The molecule has 0 spiro atoms. The van der Waals surface area contributed by atoms with Gasteiger partial charge in [-0.1, -0.05) is 12.1 Å². The van der Waals surface area contributed by atoms with Gasteiger partial charge in [-0.3, -0.25) is 0 Å². The minimum absolute atomic E-state index is 0.211. The average molecular weight is 254 g/mol. The summed E-state index contributed by atoms with van der Waals surface area (Å²) in [4.78, 5) is 0.395. The van der Waals surface area contributed by atoms with Crippen molar-refractivity contribution in [1.29, 1.82) is 0 Å². The van der Waals surface area contributed by atoms with E-state index in [9.17, 15) is 8.42 Å². The Morgan fingerprint density at radius 2 is 2.18 bits per heavy atom. The number of nitrogens with one attached hydrogen (secondary N) is 1. The molecule has 1 saturated heterocycles. The van der Waals surface area contributed by atoms with Gasteiger partial charge < -0.3 is 5.32 Å². The normalized spacial score (nSPS) is 22.6. The SMILES string of the molecule is Cc1cccc(S(=O)(=O)N2CCNC(C)C2)c1. The summed E-state index contributed by atoms with van der Waals surface area (Å²) >= 11 is 0. The second kappa shape index (κ2) is 4.76. The molecule has 1 aromatic carbocycles. The predicted molar refractivity (Wildman–Crippen MR) is 67.4 cm³/mol. The van der Waals surface area contributed by atoms with Crippen LogP contribution in [0.3, 0.4) is 0 Å². The molecular weight excluding hydrogens is 236 g/mol. The Morgan fingerprint density at radius 1 is 1.41 bits per heavy atom. The Bertz CT molecular complexity index is 499. The van der Waals surface area contributed by atoms with Gasteiger partial charge in [0.05, 0.1) is 4.90 Å². The van der Waals surface area contributed by atoms with Crippen molar-refractivity contribution in [1.82, 2.24) is 9.62 Å². The van der Waals surface area contributed by atoms with Crippen LogP contribution in [0.25, 0.3) is 0 Å². The fourth-order valence-electron chi connectivity index (χ4n) is 2.04. The van der Waals surface area contributed by atoms with Gasteiger partial charge in [-0.15, -0.1) is 0 Å². The van der Waals surface area contributed by atoms with E-state index >= 15 is 0 Å². The molecule has 1 aliphatic rings. The number of nitrogens with zero attached hydrogens (tertiary/aromatic N) is 1. The third-order valence-electron chi connectivity index (χ3n) is 2.96. The molecule has 0 amide bonds. The highest BCUT2D eigenvalue weighted by molar-refractivity contribution is 7.89. The molecule has 17 heavy (non-hydrogen) atoms. The summed E-state index contributed by atoms with van der Waals surface area (Å²) in [6.07, 6.45) is 0. The summed E-state index contributed by atoms with van der Waals surface area (Å²) in [5.41, 5.74) is 0.967. The van der Waals surface area contributed by atoms with E-state index in [1.165, 1.54) is 0 Å². The molecule has 2 rings (SSSR count). The Kier molecular flexibility index (Phi) is 3.51. The zero-order valence-corrected chi connectivity index (χ0v) is 11.0. The maximum atomic E-state index is 12.4. The zero-order chi connectivity index (χ0) is 12.5. The van der Waals surface area contributed by atoms with Crippen molar-refractivity contribution < 1.29 is 8.42 Å². The smallest absolute Gasteiger partial charge is 0.243 e. The number of rotatable bonds is 2. The molecule has 0 saturated carbocycles. The third kappa shape index (κ3) is 2.68. The highest BCUT2D eigenvalue weighted by Crippen LogP contribution is 2.18. The van der Waals surface area contributed by atoms with E-state index in [4.69, 9.17) is 0 Å². The number of sulfonamides is 1. The Morgan fingerprint density at radius 3 is 2.82 bits per heavy atom. The highest BCUT2D eigenvalue weighted by atomic mass is 32.2. The standard InChI is InChI=1S/C12H18N2O2S/c1-10-4-3-5-12(8-10)17(15,16)14-7-6-13-11(2)9-14/h3-5,8,11,13H,6-7,9H2,1-2H3. The maximum Gasteiger partial charge on any atom is 0.243 e. The van der Waals surface area contributed by atoms with Crippen LogP contribution in [0.4, 0.5) is 0 Å². The van der Waals surface area contributed by atoms with Gasteiger partial charge in [-0.25, -0.2) is 8.42 Å². The molecule has 0 aromatic heterocycles. The van der Waals surface area contributed by atoms with Crippen molar-refractivity contribution in [2.24, 2.45) is 0 Å². The largest absolute Gasteiger partial charge is 0.312 e. The molecule has 4 nitrogen and oxygen atoms in total. The lowest BCUT2D eigenvalue weighted by molar-refractivity contribution is 0.310. The molecule has 94 valence electrons. The first-order valence-electron chi connectivity index (χ1n) is 5.80. The van der Waals surface area contributed by atoms with Crippen LogP contribution in [0, 0.1) is 6.92 Å². The van der Waals surface area contributed by atoms with Crippen molar-refractivity contribution in [2.75, 3.05) is 19.6 Å². The van der Waals surface area contributed by atoms with Crippen LogP contribution in [-0.2, 0) is 10.0 Å². The van der Waals surface area contributed by atoms with Crippen LogP contribution in [0.2, 0.25) is 0 Å². The van der Waals surface area contributed by atoms with Gasteiger partial charge in [-0.05, 0) is 31.5 Å². The lowest BCUT2D eigenvalue weighted by Crippen LogP contribution is -2.51. The van der Waals surface area contributed by atoms with Crippen LogP contribution in [0.1, 0.15) is 12.5 Å². The molecule has 1 fully saturated rings. The molecule has 1 atom stereocenters. The topological polar surface area (TPSA) is 49.4 Å². The first-order valence-corrected chi connectivity index (χ1v) is 7.24. The minimum Gasteiger partial charge on any atom is -0.312 e. The summed E-state index contributed by atoms with van der Waals surface area (Å²) in [7, 11) is -3.32. The van der Waals surface area contributed by atoms with E-state index in [1.54, 1.807) is 22.5 Å². The van der Waals surface area contributed by atoms with E-state index in [-0.39, 0.29) is 6.04 Å². The number of benzene rings is 1. The van der Waals surface area contributed by atoms with Gasteiger partial charge >= 0.3 is 0 Å². The summed E-state index contributed by atoms with van der Waals surface area (Å²) in [6, 6.07) is 7.29. The van der Waals surface area contributed by atoms with Crippen LogP contribution in [-0.4, -0.2) is 38.4 Å².